The van der Waals surface area contributed by atoms with Crippen molar-refractivity contribution >= 4 is 33.5 Å². The van der Waals surface area contributed by atoms with E-state index in [0.29, 0.717) is 6.04 Å². The van der Waals surface area contributed by atoms with E-state index in [0.717, 1.165) is 54.8 Å². The first-order valence-electron chi connectivity index (χ1n) is 7.41. The lowest BCUT2D eigenvalue weighted by Crippen LogP contribution is -2.52. The largest absolute Gasteiger partial charge is 0.381 e. The molecule has 0 radical (unpaired) electrons. The molecule has 7 heteroatoms. The van der Waals surface area contributed by atoms with Crippen LogP contribution in [0.5, 0.6) is 0 Å². The summed E-state index contributed by atoms with van der Waals surface area (Å²) in [5, 5.41) is 0.833. The van der Waals surface area contributed by atoms with Gasteiger partial charge < -0.3 is 9.64 Å². The predicted molar refractivity (Wildman–Crippen MR) is 89.1 cm³/mol. The normalized spacial score (nSPS) is 21.7. The predicted octanol–water partition coefficient (Wildman–Crippen LogP) is 2.26. The maximum absolute atomic E-state index is 5.46. The Morgan fingerprint density at radius 2 is 1.95 bits per heavy atom. The van der Waals surface area contributed by atoms with Crippen LogP contribution in [-0.2, 0) is 4.74 Å². The topological polar surface area (TPSA) is 41.5 Å². The Kier molecular flexibility index (Phi) is 5.37. The van der Waals surface area contributed by atoms with Crippen molar-refractivity contribution in [3.8, 4) is 0 Å². The van der Waals surface area contributed by atoms with Crippen LogP contribution in [0.15, 0.2) is 15.8 Å². The van der Waals surface area contributed by atoms with Crippen molar-refractivity contribution in [3.63, 3.8) is 0 Å². The van der Waals surface area contributed by atoms with Crippen LogP contribution >= 0.6 is 27.7 Å². The molecule has 2 aliphatic heterocycles. The van der Waals surface area contributed by atoms with Gasteiger partial charge in [0.05, 0.1) is 4.47 Å². The van der Waals surface area contributed by atoms with Crippen LogP contribution in [0.2, 0.25) is 0 Å². The summed E-state index contributed by atoms with van der Waals surface area (Å²) in [6.07, 6.45) is 6.22. The maximum atomic E-state index is 5.46. The van der Waals surface area contributed by atoms with Crippen molar-refractivity contribution in [2.24, 2.45) is 0 Å². The van der Waals surface area contributed by atoms with E-state index in [1.807, 2.05) is 12.5 Å². The maximum Gasteiger partial charge on any atom is 0.189 e. The molecule has 1 aromatic rings. The zero-order valence-corrected chi connectivity index (χ0v) is 14.7. The molecule has 116 valence electrons. The number of rotatable bonds is 3. The summed E-state index contributed by atoms with van der Waals surface area (Å²) in [7, 11) is 0. The molecule has 0 atom stereocenters. The average molecular weight is 373 g/mol. The van der Waals surface area contributed by atoms with E-state index in [1.54, 1.807) is 11.8 Å². The van der Waals surface area contributed by atoms with Gasteiger partial charge in [0.2, 0.25) is 0 Å². The minimum Gasteiger partial charge on any atom is -0.381 e. The third-order valence-electron chi connectivity index (χ3n) is 4.21. The number of piperazine rings is 1. The van der Waals surface area contributed by atoms with E-state index >= 15 is 0 Å². The van der Waals surface area contributed by atoms with E-state index in [2.05, 4.69) is 35.7 Å². The van der Waals surface area contributed by atoms with Crippen LogP contribution < -0.4 is 4.90 Å². The Bertz CT molecular complexity index is 476. The van der Waals surface area contributed by atoms with Crippen LogP contribution in [0.25, 0.3) is 0 Å². The molecule has 0 amide bonds. The molecule has 0 N–H and O–H groups in total. The highest BCUT2D eigenvalue weighted by molar-refractivity contribution is 9.10. The Morgan fingerprint density at radius 3 is 2.62 bits per heavy atom. The number of anilines is 1. The molecule has 1 aromatic heterocycles. The van der Waals surface area contributed by atoms with E-state index in [4.69, 9.17) is 4.74 Å². The average Bonchev–Trinajstić information content (AvgIpc) is 2.56. The van der Waals surface area contributed by atoms with Crippen molar-refractivity contribution in [1.82, 2.24) is 14.9 Å². The third kappa shape index (κ3) is 3.70. The number of nitrogens with zero attached hydrogens (tertiary/aromatic N) is 4. The molecule has 21 heavy (non-hydrogen) atoms. The lowest BCUT2D eigenvalue weighted by atomic mass is 10.1. The second-order valence-corrected chi connectivity index (χ2v) is 7.02. The van der Waals surface area contributed by atoms with Crippen molar-refractivity contribution in [3.05, 3.63) is 10.7 Å². The van der Waals surface area contributed by atoms with Gasteiger partial charge >= 0.3 is 0 Å². The molecular weight excluding hydrogens is 352 g/mol. The summed E-state index contributed by atoms with van der Waals surface area (Å²) in [5.74, 6) is 1.03. The van der Waals surface area contributed by atoms with E-state index in [9.17, 15) is 0 Å². The monoisotopic (exact) mass is 372 g/mol. The third-order valence-corrected chi connectivity index (χ3v) is 5.33. The van der Waals surface area contributed by atoms with Gasteiger partial charge in [0, 0.05) is 51.6 Å². The smallest absolute Gasteiger partial charge is 0.189 e. The van der Waals surface area contributed by atoms with Crippen LogP contribution in [0.1, 0.15) is 12.8 Å². The first-order valence-corrected chi connectivity index (χ1v) is 9.43. The molecule has 0 unspecified atom stereocenters. The summed E-state index contributed by atoms with van der Waals surface area (Å²) in [6.45, 7) is 6.10. The van der Waals surface area contributed by atoms with Crippen LogP contribution in [0, 0.1) is 0 Å². The number of hydrogen-bond acceptors (Lipinski definition) is 6. The summed E-state index contributed by atoms with van der Waals surface area (Å²) < 4.78 is 6.45. The van der Waals surface area contributed by atoms with Gasteiger partial charge in [0.15, 0.2) is 5.16 Å². The van der Waals surface area contributed by atoms with Crippen molar-refractivity contribution in [2.75, 3.05) is 50.5 Å². The fourth-order valence-electron chi connectivity index (χ4n) is 3.01. The van der Waals surface area contributed by atoms with E-state index in [-0.39, 0.29) is 0 Å². The highest BCUT2D eigenvalue weighted by Crippen LogP contribution is 2.27. The summed E-state index contributed by atoms with van der Waals surface area (Å²) in [4.78, 5) is 13.9. The molecule has 0 bridgehead atoms. The fraction of sp³-hybridized carbons (Fsp3) is 0.714. The van der Waals surface area contributed by atoms with Gasteiger partial charge in [-0.2, -0.15) is 0 Å². The van der Waals surface area contributed by atoms with Crippen LogP contribution in [0.3, 0.4) is 0 Å². The van der Waals surface area contributed by atoms with E-state index in [1.165, 1.54) is 12.8 Å². The lowest BCUT2D eigenvalue weighted by Gasteiger charge is -2.41. The van der Waals surface area contributed by atoms with Gasteiger partial charge in [0.1, 0.15) is 5.82 Å². The Hall–Kier alpha value is -0.370. The molecule has 3 rings (SSSR count). The number of aromatic nitrogens is 2. The Labute approximate surface area is 138 Å². The first kappa shape index (κ1) is 15.5. The Morgan fingerprint density at radius 1 is 1.24 bits per heavy atom. The summed E-state index contributed by atoms with van der Waals surface area (Å²) in [6, 6.07) is 0.705. The zero-order valence-electron chi connectivity index (χ0n) is 12.3. The van der Waals surface area contributed by atoms with Gasteiger partial charge in [-0.25, -0.2) is 9.97 Å². The molecule has 0 spiro atoms. The number of hydrogen-bond donors (Lipinski definition) is 0. The highest BCUT2D eigenvalue weighted by Gasteiger charge is 2.26. The fourth-order valence-corrected chi connectivity index (χ4v) is 3.79. The molecule has 5 nitrogen and oxygen atoms in total. The van der Waals surface area contributed by atoms with Gasteiger partial charge in [-0.1, -0.05) is 11.8 Å². The van der Waals surface area contributed by atoms with Crippen molar-refractivity contribution < 1.29 is 4.74 Å². The molecule has 0 saturated carbocycles. The second kappa shape index (κ2) is 7.26. The Balaban J connectivity index is 1.62. The van der Waals surface area contributed by atoms with Crippen molar-refractivity contribution in [1.29, 1.82) is 0 Å². The number of thioether (sulfide) groups is 1. The molecule has 2 aliphatic rings. The lowest BCUT2D eigenvalue weighted by molar-refractivity contribution is 0.0320. The van der Waals surface area contributed by atoms with Gasteiger partial charge in [-0.3, -0.25) is 4.90 Å². The van der Waals surface area contributed by atoms with Crippen LogP contribution in [-0.4, -0.2) is 66.6 Å². The quantitative estimate of drug-likeness (QED) is 0.598. The van der Waals surface area contributed by atoms with Gasteiger partial charge in [-0.05, 0) is 35.0 Å². The second-order valence-electron chi connectivity index (χ2n) is 5.39. The van der Waals surface area contributed by atoms with E-state index < -0.39 is 0 Å². The molecule has 2 fully saturated rings. The minimum atomic E-state index is 0.705. The molecule has 3 heterocycles. The van der Waals surface area contributed by atoms with Gasteiger partial charge in [0.25, 0.3) is 0 Å². The molecule has 0 aliphatic carbocycles. The minimum absolute atomic E-state index is 0.705. The molecule has 2 saturated heterocycles. The summed E-state index contributed by atoms with van der Waals surface area (Å²) in [5.41, 5.74) is 0. The van der Waals surface area contributed by atoms with Crippen LogP contribution in [0.4, 0.5) is 5.82 Å². The SMILES string of the molecule is CSc1ncc(Br)c(N2CCN(C3CCOCC3)CC2)n1. The summed E-state index contributed by atoms with van der Waals surface area (Å²) >= 11 is 5.17. The molecule has 0 aromatic carbocycles. The van der Waals surface area contributed by atoms with Gasteiger partial charge in [-0.15, -0.1) is 0 Å². The standard InChI is InChI=1S/C14H21BrN4OS/c1-21-14-16-10-12(15)13(17-14)19-6-4-18(5-7-19)11-2-8-20-9-3-11/h10-11H,2-9H2,1H3. The first-order chi connectivity index (χ1) is 10.3. The highest BCUT2D eigenvalue weighted by atomic mass is 79.9. The number of ether oxygens (including phenoxy) is 1. The zero-order chi connectivity index (χ0) is 14.7. The molecular formula is C14H21BrN4OS. The number of halogens is 1. The van der Waals surface area contributed by atoms with Crippen molar-refractivity contribution in [2.45, 2.75) is 24.0 Å².